The monoisotopic (exact) mass is 235 g/mol. The number of benzene rings is 1. The Morgan fingerprint density at radius 3 is 2.47 bits per heavy atom. The molecule has 0 saturated carbocycles. The van der Waals surface area contributed by atoms with Crippen LogP contribution < -0.4 is 5.32 Å². The van der Waals surface area contributed by atoms with Crippen LogP contribution in [0.15, 0.2) is 30.3 Å². The maximum Gasteiger partial charge on any atom is 0.0518 e. The zero-order chi connectivity index (χ0) is 12.5. The highest BCUT2D eigenvalue weighted by atomic mass is 16.5. The van der Waals surface area contributed by atoms with E-state index < -0.39 is 0 Å². The quantitative estimate of drug-likeness (QED) is 0.699. The molecule has 1 unspecified atom stereocenters. The summed E-state index contributed by atoms with van der Waals surface area (Å²) < 4.78 is 5.49. The van der Waals surface area contributed by atoms with Gasteiger partial charge in [0.2, 0.25) is 0 Å². The summed E-state index contributed by atoms with van der Waals surface area (Å²) in [6.07, 6.45) is 1.43. The molecule has 0 aliphatic rings. The van der Waals surface area contributed by atoms with Crippen LogP contribution in [0.3, 0.4) is 0 Å². The van der Waals surface area contributed by atoms with Crippen molar-refractivity contribution < 1.29 is 4.74 Å². The van der Waals surface area contributed by atoms with E-state index in [2.05, 4.69) is 56.4 Å². The summed E-state index contributed by atoms with van der Waals surface area (Å²) in [6, 6.07) is 10.6. The molecule has 96 valence electrons. The van der Waals surface area contributed by atoms with E-state index in [9.17, 15) is 0 Å². The number of hydrogen-bond acceptors (Lipinski definition) is 2. The van der Waals surface area contributed by atoms with Gasteiger partial charge in [-0.25, -0.2) is 0 Å². The van der Waals surface area contributed by atoms with Crippen LogP contribution in [0.5, 0.6) is 0 Å². The van der Waals surface area contributed by atoms with Gasteiger partial charge in [-0.1, -0.05) is 37.3 Å². The van der Waals surface area contributed by atoms with Crippen molar-refractivity contribution in [3.8, 4) is 0 Å². The van der Waals surface area contributed by atoms with Crippen molar-refractivity contribution in [2.75, 3.05) is 19.7 Å². The largest absolute Gasteiger partial charge is 0.379 e. The first-order valence-corrected chi connectivity index (χ1v) is 6.57. The molecule has 1 atom stereocenters. The van der Waals surface area contributed by atoms with Crippen molar-refractivity contribution in [3.63, 3.8) is 0 Å². The van der Waals surface area contributed by atoms with E-state index in [4.69, 9.17) is 4.74 Å². The Labute approximate surface area is 105 Å². The van der Waals surface area contributed by atoms with Crippen molar-refractivity contribution >= 4 is 0 Å². The molecule has 0 radical (unpaired) electrons. The molecule has 0 saturated heterocycles. The van der Waals surface area contributed by atoms with E-state index in [1.54, 1.807) is 0 Å². The Kier molecular flexibility index (Phi) is 6.90. The minimum atomic E-state index is 0.346. The predicted octanol–water partition coefficient (Wildman–Crippen LogP) is 3.19. The topological polar surface area (TPSA) is 21.3 Å². The van der Waals surface area contributed by atoms with E-state index in [0.29, 0.717) is 12.0 Å². The summed E-state index contributed by atoms with van der Waals surface area (Å²) in [7, 11) is 0. The molecule has 0 bridgehead atoms. The van der Waals surface area contributed by atoms with Crippen LogP contribution in [0.2, 0.25) is 0 Å². The molecule has 0 fully saturated rings. The van der Waals surface area contributed by atoms with E-state index in [1.165, 1.54) is 5.56 Å². The summed E-state index contributed by atoms with van der Waals surface area (Å²) in [4.78, 5) is 0. The fraction of sp³-hybridized carbons (Fsp3) is 0.600. The van der Waals surface area contributed by atoms with Gasteiger partial charge in [-0.15, -0.1) is 0 Å². The molecule has 0 aromatic heterocycles. The minimum Gasteiger partial charge on any atom is -0.379 e. The zero-order valence-electron chi connectivity index (χ0n) is 11.3. The molecule has 0 spiro atoms. The molecular formula is C15H25NO. The Balaban J connectivity index is 2.07. The van der Waals surface area contributed by atoms with E-state index in [-0.39, 0.29) is 0 Å². The van der Waals surface area contributed by atoms with Crippen molar-refractivity contribution in [2.24, 2.45) is 0 Å². The second kappa shape index (κ2) is 8.26. The molecule has 1 rings (SSSR count). The highest BCUT2D eigenvalue weighted by Crippen LogP contribution is 2.12. The second-order valence-corrected chi connectivity index (χ2v) is 4.79. The van der Waals surface area contributed by atoms with E-state index >= 15 is 0 Å². The Bertz CT molecular complexity index is 284. The first-order valence-electron chi connectivity index (χ1n) is 6.57. The van der Waals surface area contributed by atoms with Crippen LogP contribution in [-0.4, -0.2) is 25.8 Å². The van der Waals surface area contributed by atoms with E-state index in [1.807, 2.05) is 0 Å². The molecule has 1 aromatic rings. The number of nitrogens with one attached hydrogen (secondary N) is 1. The third-order valence-electron chi connectivity index (χ3n) is 2.77. The average molecular weight is 235 g/mol. The highest BCUT2D eigenvalue weighted by molar-refractivity contribution is 5.18. The predicted molar refractivity (Wildman–Crippen MR) is 73.4 cm³/mol. The Morgan fingerprint density at radius 1 is 1.12 bits per heavy atom. The van der Waals surface area contributed by atoms with Gasteiger partial charge in [0.1, 0.15) is 0 Å². The second-order valence-electron chi connectivity index (χ2n) is 4.79. The molecule has 1 N–H and O–H groups in total. The molecule has 2 nitrogen and oxygen atoms in total. The maximum atomic E-state index is 5.49. The lowest BCUT2D eigenvalue weighted by atomic mass is 10.0. The molecule has 0 amide bonds. The zero-order valence-corrected chi connectivity index (χ0v) is 11.3. The fourth-order valence-corrected chi connectivity index (χ4v) is 1.73. The van der Waals surface area contributed by atoms with Gasteiger partial charge in [0.15, 0.2) is 0 Å². The highest BCUT2D eigenvalue weighted by Gasteiger charge is 2.03. The van der Waals surface area contributed by atoms with Crippen molar-refractivity contribution in [2.45, 2.75) is 39.2 Å². The summed E-state index contributed by atoms with van der Waals surface area (Å²) in [6.45, 7) is 9.32. The molecule has 17 heavy (non-hydrogen) atoms. The van der Waals surface area contributed by atoms with Gasteiger partial charge in [-0.05, 0) is 38.3 Å². The van der Waals surface area contributed by atoms with Crippen LogP contribution in [0.1, 0.15) is 38.7 Å². The van der Waals surface area contributed by atoms with Crippen LogP contribution in [-0.2, 0) is 4.74 Å². The summed E-state index contributed by atoms with van der Waals surface area (Å²) in [5.74, 6) is 0.571. The van der Waals surface area contributed by atoms with Gasteiger partial charge in [0.05, 0.1) is 6.10 Å². The first kappa shape index (κ1) is 14.2. The third-order valence-corrected chi connectivity index (χ3v) is 2.77. The standard InChI is InChI=1S/C15H25NO/c1-13(2)17-11-7-10-16-12-14(3)15-8-5-4-6-9-15/h4-6,8-9,13-14,16H,7,10-12H2,1-3H3. The SMILES string of the molecule is CC(C)OCCCNCC(C)c1ccccc1. The first-order chi connectivity index (χ1) is 8.20. The summed E-state index contributed by atoms with van der Waals surface area (Å²) in [5, 5.41) is 3.48. The van der Waals surface area contributed by atoms with Crippen molar-refractivity contribution in [1.82, 2.24) is 5.32 Å². The minimum absolute atomic E-state index is 0.346. The van der Waals surface area contributed by atoms with Gasteiger partial charge in [-0.2, -0.15) is 0 Å². The number of ether oxygens (including phenoxy) is 1. The van der Waals surface area contributed by atoms with Crippen LogP contribution in [0.4, 0.5) is 0 Å². The lowest BCUT2D eigenvalue weighted by molar-refractivity contribution is 0.0771. The molecular weight excluding hydrogens is 210 g/mol. The number of hydrogen-bond donors (Lipinski definition) is 1. The summed E-state index contributed by atoms with van der Waals surface area (Å²) in [5.41, 5.74) is 1.40. The van der Waals surface area contributed by atoms with Gasteiger partial charge in [-0.3, -0.25) is 0 Å². The molecule has 0 aliphatic carbocycles. The van der Waals surface area contributed by atoms with Crippen molar-refractivity contribution in [1.29, 1.82) is 0 Å². The van der Waals surface area contributed by atoms with Crippen molar-refractivity contribution in [3.05, 3.63) is 35.9 Å². The molecule has 0 aliphatic heterocycles. The van der Waals surface area contributed by atoms with E-state index in [0.717, 1.165) is 26.1 Å². The Morgan fingerprint density at radius 2 is 1.82 bits per heavy atom. The lowest BCUT2D eigenvalue weighted by Gasteiger charge is -2.13. The van der Waals surface area contributed by atoms with Gasteiger partial charge in [0, 0.05) is 13.2 Å². The maximum absolute atomic E-state index is 5.49. The smallest absolute Gasteiger partial charge is 0.0518 e. The summed E-state index contributed by atoms with van der Waals surface area (Å²) >= 11 is 0. The van der Waals surface area contributed by atoms with Crippen LogP contribution in [0, 0.1) is 0 Å². The Hall–Kier alpha value is -0.860. The van der Waals surface area contributed by atoms with Crippen LogP contribution >= 0.6 is 0 Å². The lowest BCUT2D eigenvalue weighted by Crippen LogP contribution is -2.22. The van der Waals surface area contributed by atoms with Gasteiger partial charge >= 0.3 is 0 Å². The normalized spacial score (nSPS) is 12.9. The fourth-order valence-electron chi connectivity index (χ4n) is 1.73. The van der Waals surface area contributed by atoms with Gasteiger partial charge < -0.3 is 10.1 Å². The molecule has 1 aromatic carbocycles. The third kappa shape index (κ3) is 6.44. The van der Waals surface area contributed by atoms with Gasteiger partial charge in [0.25, 0.3) is 0 Å². The van der Waals surface area contributed by atoms with Crippen LogP contribution in [0.25, 0.3) is 0 Å². The molecule has 2 heteroatoms. The average Bonchev–Trinajstić information content (AvgIpc) is 2.34. The molecule has 0 heterocycles. The number of rotatable bonds is 8.